The first-order chi connectivity index (χ1) is 13.5. The third-order valence-corrected chi connectivity index (χ3v) is 5.68. The van der Waals surface area contributed by atoms with Gasteiger partial charge in [-0.15, -0.1) is 28.1 Å². The minimum absolute atomic E-state index is 0.258. The van der Waals surface area contributed by atoms with Gasteiger partial charge in [-0.25, -0.2) is 0 Å². The van der Waals surface area contributed by atoms with Gasteiger partial charge in [0.2, 0.25) is 5.91 Å². The monoisotopic (exact) mass is 414 g/mol. The molecule has 3 aromatic rings. The van der Waals surface area contributed by atoms with Crippen molar-refractivity contribution >= 4 is 39.9 Å². The minimum Gasteiger partial charge on any atom is -0.366 e. The van der Waals surface area contributed by atoms with Crippen molar-refractivity contribution < 1.29 is 9.59 Å². The molecule has 144 valence electrons. The Hall–Kier alpha value is -2.98. The maximum Gasteiger partial charge on any atom is 0.251 e. The molecule has 0 unspecified atom stereocenters. The summed E-state index contributed by atoms with van der Waals surface area (Å²) in [7, 11) is 0. The van der Waals surface area contributed by atoms with Crippen molar-refractivity contribution in [2.24, 2.45) is 5.73 Å². The average Bonchev–Trinajstić information content (AvgIpc) is 3.30. The number of thiophene rings is 1. The van der Waals surface area contributed by atoms with Crippen LogP contribution in [0, 0.1) is 0 Å². The Balaban J connectivity index is 1.78. The summed E-state index contributed by atoms with van der Waals surface area (Å²) in [5.41, 5.74) is 6.44. The molecule has 8 nitrogen and oxygen atoms in total. The van der Waals surface area contributed by atoms with Crippen LogP contribution < -0.4 is 11.1 Å². The van der Waals surface area contributed by atoms with Gasteiger partial charge in [0.1, 0.15) is 5.00 Å². The zero-order chi connectivity index (χ0) is 20.1. The third kappa shape index (κ3) is 4.29. The molecule has 3 rings (SSSR count). The van der Waals surface area contributed by atoms with E-state index in [0.29, 0.717) is 28.1 Å². The van der Waals surface area contributed by atoms with E-state index >= 15 is 0 Å². The topological polar surface area (TPSA) is 116 Å². The van der Waals surface area contributed by atoms with Crippen molar-refractivity contribution in [3.05, 3.63) is 54.2 Å². The highest BCUT2D eigenvalue weighted by molar-refractivity contribution is 8.00. The van der Waals surface area contributed by atoms with E-state index in [4.69, 9.17) is 5.73 Å². The van der Waals surface area contributed by atoms with Crippen molar-refractivity contribution in [2.75, 3.05) is 5.32 Å². The first kappa shape index (κ1) is 19.8. The van der Waals surface area contributed by atoms with Gasteiger partial charge in [0.15, 0.2) is 11.0 Å². The molecule has 3 aromatic heterocycles. The highest BCUT2D eigenvalue weighted by Gasteiger charge is 2.22. The summed E-state index contributed by atoms with van der Waals surface area (Å²) in [5.74, 6) is -0.188. The van der Waals surface area contributed by atoms with Crippen LogP contribution in [-0.2, 0) is 11.3 Å². The van der Waals surface area contributed by atoms with Gasteiger partial charge in [0, 0.05) is 24.5 Å². The van der Waals surface area contributed by atoms with Gasteiger partial charge in [0.05, 0.1) is 10.8 Å². The number of hydrogen-bond donors (Lipinski definition) is 2. The number of thioether (sulfide) groups is 1. The fraction of sp³-hybridized carbons (Fsp3) is 0.167. The maximum absolute atomic E-state index is 12.6. The molecule has 0 aliphatic carbocycles. The lowest BCUT2D eigenvalue weighted by atomic mass is 10.3. The summed E-state index contributed by atoms with van der Waals surface area (Å²) >= 11 is 2.51. The number of nitrogens with two attached hydrogens (primary N) is 1. The van der Waals surface area contributed by atoms with E-state index < -0.39 is 11.2 Å². The fourth-order valence-electron chi connectivity index (χ4n) is 2.40. The highest BCUT2D eigenvalue weighted by atomic mass is 32.2. The van der Waals surface area contributed by atoms with Crippen LogP contribution in [0.4, 0.5) is 5.00 Å². The number of primary amides is 1. The Labute approximate surface area is 169 Å². The lowest BCUT2D eigenvalue weighted by molar-refractivity contribution is -0.115. The molecule has 0 radical (unpaired) electrons. The number of hydrogen-bond acceptors (Lipinski definition) is 7. The van der Waals surface area contributed by atoms with Crippen LogP contribution in [0.15, 0.2) is 53.8 Å². The number of allylic oxidation sites excluding steroid dienone is 1. The molecule has 0 aromatic carbocycles. The smallest absolute Gasteiger partial charge is 0.251 e. The van der Waals surface area contributed by atoms with E-state index in [9.17, 15) is 9.59 Å². The molecule has 0 spiro atoms. The van der Waals surface area contributed by atoms with Gasteiger partial charge < -0.3 is 11.1 Å². The summed E-state index contributed by atoms with van der Waals surface area (Å²) in [6.07, 6.45) is 5.13. The lowest BCUT2D eigenvalue weighted by Crippen LogP contribution is -2.24. The summed E-state index contributed by atoms with van der Waals surface area (Å²) in [6.45, 7) is 6.03. The zero-order valence-electron chi connectivity index (χ0n) is 15.0. The second kappa shape index (κ2) is 8.81. The first-order valence-electron chi connectivity index (χ1n) is 8.30. The fourth-order valence-corrected chi connectivity index (χ4v) is 4.06. The van der Waals surface area contributed by atoms with E-state index in [0.717, 1.165) is 5.56 Å². The number of rotatable bonds is 8. The molecule has 0 fully saturated rings. The average molecular weight is 415 g/mol. The normalized spacial score (nSPS) is 11.8. The molecule has 0 aliphatic heterocycles. The van der Waals surface area contributed by atoms with Gasteiger partial charge in [-0.3, -0.25) is 19.1 Å². The predicted molar refractivity (Wildman–Crippen MR) is 110 cm³/mol. The number of amides is 2. The van der Waals surface area contributed by atoms with E-state index in [2.05, 4.69) is 27.1 Å². The van der Waals surface area contributed by atoms with Gasteiger partial charge in [-0.05, 0) is 30.5 Å². The lowest BCUT2D eigenvalue weighted by Gasteiger charge is -2.12. The second-order valence-electron chi connectivity index (χ2n) is 5.72. The van der Waals surface area contributed by atoms with E-state index in [1.165, 1.54) is 23.1 Å². The number of pyridine rings is 1. The van der Waals surface area contributed by atoms with Crippen molar-refractivity contribution in [3.63, 3.8) is 0 Å². The van der Waals surface area contributed by atoms with E-state index in [-0.39, 0.29) is 5.91 Å². The quantitative estimate of drug-likeness (QED) is 0.432. The molecule has 0 saturated carbocycles. The Morgan fingerprint density at radius 2 is 2.25 bits per heavy atom. The standard InChI is InChI=1S/C18H18N6O2S2/c1-3-8-24-15(12-5-4-7-20-10-12)22-23-18(24)28-11(2)16(26)21-17-13(14(19)25)6-9-27-17/h3-7,9-11H,1,8H2,2H3,(H2,19,25)(H,21,26)/t11-/m0/s1. The molecular weight excluding hydrogens is 396 g/mol. The summed E-state index contributed by atoms with van der Waals surface area (Å²) < 4.78 is 1.87. The number of carbonyl (C=O) groups is 2. The van der Waals surface area contributed by atoms with Crippen LogP contribution in [0.1, 0.15) is 17.3 Å². The summed E-state index contributed by atoms with van der Waals surface area (Å²) in [6, 6.07) is 5.30. The molecule has 0 saturated heterocycles. The number of nitrogens with zero attached hydrogens (tertiary/aromatic N) is 4. The van der Waals surface area contributed by atoms with Crippen LogP contribution in [0.5, 0.6) is 0 Å². The number of carbonyl (C=O) groups excluding carboxylic acids is 2. The molecule has 3 N–H and O–H groups in total. The van der Waals surface area contributed by atoms with Gasteiger partial charge in [-0.2, -0.15) is 0 Å². The highest BCUT2D eigenvalue weighted by Crippen LogP contribution is 2.28. The Morgan fingerprint density at radius 1 is 1.43 bits per heavy atom. The largest absolute Gasteiger partial charge is 0.366 e. The molecule has 0 bridgehead atoms. The minimum atomic E-state index is -0.580. The molecular formula is C18H18N6O2S2. The number of nitrogens with one attached hydrogen (secondary N) is 1. The van der Waals surface area contributed by atoms with Crippen LogP contribution in [0.25, 0.3) is 11.4 Å². The molecule has 1 atom stereocenters. The Bertz CT molecular complexity index is 999. The van der Waals surface area contributed by atoms with E-state index in [1.54, 1.807) is 36.8 Å². The molecule has 28 heavy (non-hydrogen) atoms. The Kier molecular flexibility index (Phi) is 6.22. The van der Waals surface area contributed by atoms with Crippen molar-refractivity contribution in [3.8, 4) is 11.4 Å². The third-order valence-electron chi connectivity index (χ3n) is 3.77. The summed E-state index contributed by atoms with van der Waals surface area (Å²) in [5, 5.41) is 13.5. The number of aromatic nitrogens is 4. The zero-order valence-corrected chi connectivity index (χ0v) is 16.7. The molecule has 2 amide bonds. The van der Waals surface area contributed by atoms with Crippen LogP contribution >= 0.6 is 23.1 Å². The van der Waals surface area contributed by atoms with Crippen molar-refractivity contribution in [1.82, 2.24) is 19.7 Å². The van der Waals surface area contributed by atoms with Gasteiger partial charge >= 0.3 is 0 Å². The molecule has 3 heterocycles. The molecule has 0 aliphatic rings. The number of anilines is 1. The Morgan fingerprint density at radius 3 is 2.93 bits per heavy atom. The SMILES string of the molecule is C=CCn1c(S[C@@H](C)C(=O)Nc2sccc2C(N)=O)nnc1-c1cccnc1. The van der Waals surface area contributed by atoms with Crippen LogP contribution in [0.2, 0.25) is 0 Å². The molecule has 10 heteroatoms. The summed E-state index contributed by atoms with van der Waals surface area (Å²) in [4.78, 5) is 28.1. The van der Waals surface area contributed by atoms with Crippen molar-refractivity contribution in [1.29, 1.82) is 0 Å². The van der Waals surface area contributed by atoms with Crippen LogP contribution in [0.3, 0.4) is 0 Å². The van der Waals surface area contributed by atoms with Crippen molar-refractivity contribution in [2.45, 2.75) is 23.9 Å². The first-order valence-corrected chi connectivity index (χ1v) is 10.1. The van der Waals surface area contributed by atoms with Gasteiger partial charge in [0.25, 0.3) is 5.91 Å². The van der Waals surface area contributed by atoms with Crippen LogP contribution in [-0.4, -0.2) is 36.8 Å². The maximum atomic E-state index is 12.6. The van der Waals surface area contributed by atoms with Gasteiger partial charge in [-0.1, -0.05) is 17.8 Å². The predicted octanol–water partition coefficient (Wildman–Crippen LogP) is 2.81. The van der Waals surface area contributed by atoms with E-state index in [1.807, 2.05) is 16.7 Å². The second-order valence-corrected chi connectivity index (χ2v) is 7.95.